The van der Waals surface area contributed by atoms with Crippen molar-refractivity contribution in [1.82, 2.24) is 13.8 Å². The SMILES string of the molecule is Cc1ccc(S(=O)(=O)N2CCC3(CC2)COCCN(Cc2cccn2C)C3)cc1. The molecule has 3 heterocycles. The Kier molecular flexibility index (Phi) is 5.84. The fourth-order valence-corrected chi connectivity index (χ4v) is 5.91. The van der Waals surface area contributed by atoms with Crippen LogP contribution in [0, 0.1) is 12.3 Å². The lowest BCUT2D eigenvalue weighted by molar-refractivity contribution is 0.0306. The lowest BCUT2D eigenvalue weighted by Crippen LogP contribution is -2.48. The van der Waals surface area contributed by atoms with E-state index >= 15 is 0 Å². The van der Waals surface area contributed by atoms with Crippen molar-refractivity contribution >= 4 is 10.0 Å². The van der Waals surface area contributed by atoms with E-state index in [2.05, 4.69) is 34.8 Å². The molecule has 0 unspecified atom stereocenters. The minimum absolute atomic E-state index is 0.0287. The quantitative estimate of drug-likeness (QED) is 0.768. The Morgan fingerprint density at radius 1 is 1.07 bits per heavy atom. The van der Waals surface area contributed by atoms with Crippen LogP contribution in [0.25, 0.3) is 0 Å². The maximum Gasteiger partial charge on any atom is 0.243 e. The van der Waals surface area contributed by atoms with Gasteiger partial charge >= 0.3 is 0 Å². The second-order valence-electron chi connectivity index (χ2n) is 8.59. The van der Waals surface area contributed by atoms with Crippen LogP contribution in [0.15, 0.2) is 47.5 Å². The number of hydrogen-bond acceptors (Lipinski definition) is 4. The number of piperidine rings is 1. The Morgan fingerprint density at radius 2 is 1.79 bits per heavy atom. The van der Waals surface area contributed by atoms with Gasteiger partial charge in [0.15, 0.2) is 0 Å². The minimum atomic E-state index is -3.43. The van der Waals surface area contributed by atoms with Gasteiger partial charge in [0.2, 0.25) is 10.0 Å². The van der Waals surface area contributed by atoms with Crippen LogP contribution >= 0.6 is 0 Å². The van der Waals surface area contributed by atoms with E-state index in [4.69, 9.17) is 4.74 Å². The highest BCUT2D eigenvalue weighted by Crippen LogP contribution is 2.36. The fraction of sp³-hybridized carbons (Fsp3) is 0.545. The van der Waals surface area contributed by atoms with E-state index in [0.717, 1.165) is 51.3 Å². The van der Waals surface area contributed by atoms with Gasteiger partial charge in [-0.1, -0.05) is 17.7 Å². The minimum Gasteiger partial charge on any atom is -0.379 e. The zero-order valence-corrected chi connectivity index (χ0v) is 18.2. The number of hydrogen-bond donors (Lipinski definition) is 0. The van der Waals surface area contributed by atoms with E-state index in [1.165, 1.54) is 5.69 Å². The molecule has 4 rings (SSSR count). The summed E-state index contributed by atoms with van der Waals surface area (Å²) in [6.45, 7) is 7.30. The Labute approximate surface area is 174 Å². The maximum atomic E-state index is 13.0. The molecule has 0 aliphatic carbocycles. The number of nitrogens with zero attached hydrogens (tertiary/aromatic N) is 3. The third-order valence-corrected chi connectivity index (χ3v) is 8.31. The molecular weight excluding hydrogens is 386 g/mol. The van der Waals surface area contributed by atoms with Crippen LogP contribution in [-0.2, 0) is 28.4 Å². The van der Waals surface area contributed by atoms with E-state index in [9.17, 15) is 8.42 Å². The van der Waals surface area contributed by atoms with Gasteiger partial charge in [0.05, 0.1) is 18.1 Å². The Hall–Kier alpha value is -1.67. The van der Waals surface area contributed by atoms with Crippen molar-refractivity contribution in [2.75, 3.05) is 39.4 Å². The first kappa shape index (κ1) is 20.6. The molecule has 7 heteroatoms. The summed E-state index contributed by atoms with van der Waals surface area (Å²) < 4.78 is 35.8. The van der Waals surface area contributed by atoms with Gasteiger partial charge in [-0.15, -0.1) is 0 Å². The van der Waals surface area contributed by atoms with E-state index in [0.29, 0.717) is 18.0 Å². The molecule has 1 aromatic carbocycles. The molecule has 6 nitrogen and oxygen atoms in total. The second kappa shape index (κ2) is 8.22. The normalized spacial score (nSPS) is 21.3. The molecule has 0 radical (unpaired) electrons. The topological polar surface area (TPSA) is 54.8 Å². The van der Waals surface area contributed by atoms with Gasteiger partial charge < -0.3 is 9.30 Å². The van der Waals surface area contributed by atoms with Gasteiger partial charge in [-0.3, -0.25) is 4.90 Å². The standard InChI is InChI=1S/C22H31N3O3S/c1-19-5-7-21(8-6-19)29(26,27)25-12-9-22(10-13-25)17-24(14-15-28-18-22)16-20-4-3-11-23(20)2/h3-8,11H,9-10,12-18H2,1-2H3. The summed E-state index contributed by atoms with van der Waals surface area (Å²) in [5.74, 6) is 0. The van der Waals surface area contributed by atoms with Crippen LogP contribution in [0.1, 0.15) is 24.1 Å². The summed E-state index contributed by atoms with van der Waals surface area (Å²) in [4.78, 5) is 2.86. The van der Waals surface area contributed by atoms with Gasteiger partial charge in [-0.05, 0) is 44.0 Å². The predicted molar refractivity (Wildman–Crippen MR) is 113 cm³/mol. The highest BCUT2D eigenvalue weighted by molar-refractivity contribution is 7.89. The highest BCUT2D eigenvalue weighted by Gasteiger charge is 2.41. The summed E-state index contributed by atoms with van der Waals surface area (Å²) >= 11 is 0. The van der Waals surface area contributed by atoms with E-state index in [-0.39, 0.29) is 5.41 Å². The van der Waals surface area contributed by atoms with Gasteiger partial charge in [0.25, 0.3) is 0 Å². The molecule has 0 bridgehead atoms. The average molecular weight is 418 g/mol. The molecule has 0 N–H and O–H groups in total. The third-order valence-electron chi connectivity index (χ3n) is 6.40. The monoisotopic (exact) mass is 417 g/mol. The summed E-state index contributed by atoms with van der Waals surface area (Å²) in [7, 11) is -1.35. The van der Waals surface area contributed by atoms with Gasteiger partial charge in [0.1, 0.15) is 0 Å². The first-order chi connectivity index (χ1) is 13.9. The predicted octanol–water partition coefficient (Wildman–Crippen LogP) is 2.64. The molecule has 2 aliphatic rings. The number of ether oxygens (including phenoxy) is 1. The molecule has 0 atom stereocenters. The number of rotatable bonds is 4. The Bertz CT molecular complexity index is 928. The summed E-state index contributed by atoms with van der Waals surface area (Å²) in [5.41, 5.74) is 2.39. The molecule has 2 saturated heterocycles. The van der Waals surface area contributed by atoms with Gasteiger partial charge in [0, 0.05) is 57.1 Å². The van der Waals surface area contributed by atoms with Crippen molar-refractivity contribution in [2.45, 2.75) is 31.2 Å². The van der Waals surface area contributed by atoms with Crippen molar-refractivity contribution < 1.29 is 13.2 Å². The summed E-state index contributed by atoms with van der Waals surface area (Å²) in [5, 5.41) is 0. The molecular formula is C22H31N3O3S. The van der Waals surface area contributed by atoms with Gasteiger partial charge in [-0.25, -0.2) is 8.42 Å². The molecule has 158 valence electrons. The molecule has 1 spiro atoms. The van der Waals surface area contributed by atoms with Gasteiger partial charge in [-0.2, -0.15) is 4.31 Å². The van der Waals surface area contributed by atoms with E-state index in [1.807, 2.05) is 19.1 Å². The van der Waals surface area contributed by atoms with Crippen molar-refractivity contribution in [2.24, 2.45) is 12.5 Å². The number of aromatic nitrogens is 1. The second-order valence-corrected chi connectivity index (χ2v) is 10.5. The summed E-state index contributed by atoms with van der Waals surface area (Å²) in [6.07, 6.45) is 3.75. The van der Waals surface area contributed by atoms with E-state index in [1.54, 1.807) is 16.4 Å². The zero-order chi connectivity index (χ0) is 20.5. The average Bonchev–Trinajstić information content (AvgIpc) is 3.00. The number of benzene rings is 1. The molecule has 29 heavy (non-hydrogen) atoms. The van der Waals surface area contributed by atoms with Crippen LogP contribution in [0.5, 0.6) is 0 Å². The van der Waals surface area contributed by atoms with Crippen LogP contribution in [0.4, 0.5) is 0 Å². The molecule has 2 aromatic rings. The maximum absolute atomic E-state index is 13.0. The Morgan fingerprint density at radius 3 is 2.45 bits per heavy atom. The van der Waals surface area contributed by atoms with Crippen molar-refractivity contribution in [3.63, 3.8) is 0 Å². The third kappa shape index (κ3) is 4.43. The molecule has 0 amide bonds. The van der Waals surface area contributed by atoms with Crippen LogP contribution in [0.3, 0.4) is 0 Å². The van der Waals surface area contributed by atoms with Crippen molar-refractivity contribution in [3.05, 3.63) is 53.9 Å². The molecule has 0 saturated carbocycles. The first-order valence-electron chi connectivity index (χ1n) is 10.4. The lowest BCUT2D eigenvalue weighted by Gasteiger charge is -2.42. The smallest absolute Gasteiger partial charge is 0.243 e. The summed E-state index contributed by atoms with van der Waals surface area (Å²) in [6, 6.07) is 11.4. The fourth-order valence-electron chi connectivity index (χ4n) is 4.47. The molecule has 2 aliphatic heterocycles. The van der Waals surface area contributed by atoms with Crippen molar-refractivity contribution in [1.29, 1.82) is 0 Å². The van der Waals surface area contributed by atoms with Crippen molar-refractivity contribution in [3.8, 4) is 0 Å². The van der Waals surface area contributed by atoms with E-state index < -0.39 is 10.0 Å². The number of aryl methyl sites for hydroxylation is 2. The lowest BCUT2D eigenvalue weighted by atomic mass is 9.79. The first-order valence-corrected chi connectivity index (χ1v) is 11.8. The Balaban J connectivity index is 1.44. The molecule has 1 aromatic heterocycles. The zero-order valence-electron chi connectivity index (χ0n) is 17.4. The molecule has 2 fully saturated rings. The van der Waals surface area contributed by atoms with Crippen LogP contribution < -0.4 is 0 Å². The number of sulfonamides is 1. The van der Waals surface area contributed by atoms with Crippen LogP contribution in [0.2, 0.25) is 0 Å². The van der Waals surface area contributed by atoms with Crippen LogP contribution in [-0.4, -0.2) is 61.6 Å². The highest BCUT2D eigenvalue weighted by atomic mass is 32.2. The largest absolute Gasteiger partial charge is 0.379 e.